The maximum atomic E-state index is 12.2. The van der Waals surface area contributed by atoms with E-state index in [1.54, 1.807) is 0 Å². The van der Waals surface area contributed by atoms with E-state index in [0.29, 0.717) is 18.7 Å². The number of rotatable bonds is 1. The van der Waals surface area contributed by atoms with E-state index in [0.717, 1.165) is 0 Å². The van der Waals surface area contributed by atoms with Crippen molar-refractivity contribution in [1.82, 2.24) is 5.32 Å². The zero-order valence-corrected chi connectivity index (χ0v) is 12.5. The quantitative estimate of drug-likeness (QED) is 0.747. The molecular weight excluding hydrogens is 403 g/mol. The van der Waals surface area contributed by atoms with Gasteiger partial charge < -0.3 is 10.4 Å². The second-order valence-electron chi connectivity index (χ2n) is 3.75. The van der Waals surface area contributed by atoms with Crippen molar-refractivity contribution in [1.29, 1.82) is 0 Å². The summed E-state index contributed by atoms with van der Waals surface area (Å²) in [5.74, 6) is -2.00. The van der Waals surface area contributed by atoms with Crippen LogP contribution in [0, 0.1) is 0 Å². The van der Waals surface area contributed by atoms with Crippen LogP contribution in [0.4, 0.5) is 13.2 Å². The third-order valence-electron chi connectivity index (χ3n) is 2.60. The second kappa shape index (κ2) is 4.77. The highest BCUT2D eigenvalue weighted by atomic mass is 79.9. The first-order valence-corrected chi connectivity index (χ1v) is 7.15. The van der Waals surface area contributed by atoms with Gasteiger partial charge in [-0.15, -0.1) is 11.3 Å². The van der Waals surface area contributed by atoms with Crippen LogP contribution in [0.3, 0.4) is 0 Å². The first kappa shape index (κ1) is 14.3. The maximum absolute atomic E-state index is 12.2. The minimum absolute atomic E-state index is 0.0389. The van der Waals surface area contributed by atoms with Gasteiger partial charge in [0.2, 0.25) is 0 Å². The van der Waals surface area contributed by atoms with Gasteiger partial charge in [-0.3, -0.25) is 4.79 Å². The van der Waals surface area contributed by atoms with Gasteiger partial charge in [0.15, 0.2) is 0 Å². The van der Waals surface area contributed by atoms with Crippen molar-refractivity contribution in [3.05, 3.63) is 18.7 Å². The van der Waals surface area contributed by atoms with E-state index < -0.39 is 24.2 Å². The minimum atomic E-state index is -4.92. The Morgan fingerprint density at radius 2 is 1.89 bits per heavy atom. The van der Waals surface area contributed by atoms with Crippen LogP contribution in [0.5, 0.6) is 0 Å². The van der Waals surface area contributed by atoms with Crippen LogP contribution in [0.15, 0.2) is 7.57 Å². The van der Waals surface area contributed by atoms with Crippen LogP contribution in [0.2, 0.25) is 0 Å². The lowest BCUT2D eigenvalue weighted by Gasteiger charge is -2.15. The molecule has 0 fully saturated rings. The molecule has 3 nitrogen and oxygen atoms in total. The summed E-state index contributed by atoms with van der Waals surface area (Å²) in [6.45, 7) is 0. The predicted octanol–water partition coefficient (Wildman–Crippen LogP) is 3.43. The number of nitrogens with one attached hydrogen (secondary N) is 1. The highest BCUT2D eigenvalue weighted by Crippen LogP contribution is 2.51. The standard InChI is InChI=1S/C9H6Br2F3NO2S/c10-6-4-2(15-8(17)9(12,13)14)1-3(16)5(4)7(11)18-6/h2-3,16H,1H2,(H,15,17). The normalized spacial score (nSPS) is 23.0. The Hall–Kier alpha value is -0.120. The van der Waals surface area contributed by atoms with E-state index in [2.05, 4.69) is 31.9 Å². The summed E-state index contributed by atoms with van der Waals surface area (Å²) in [6.07, 6.45) is -5.76. The second-order valence-corrected chi connectivity index (χ2v) is 7.41. The summed E-state index contributed by atoms with van der Waals surface area (Å²) >= 11 is 7.71. The van der Waals surface area contributed by atoms with Gasteiger partial charge in [-0.25, -0.2) is 0 Å². The van der Waals surface area contributed by atoms with Gasteiger partial charge in [-0.05, 0) is 31.9 Å². The van der Waals surface area contributed by atoms with Crippen molar-refractivity contribution >= 4 is 49.1 Å². The van der Waals surface area contributed by atoms with Gasteiger partial charge in [0.05, 0.1) is 19.7 Å². The average Bonchev–Trinajstić information content (AvgIpc) is 2.67. The molecule has 18 heavy (non-hydrogen) atoms. The van der Waals surface area contributed by atoms with Gasteiger partial charge >= 0.3 is 12.1 Å². The number of alkyl halides is 3. The van der Waals surface area contributed by atoms with E-state index in [1.807, 2.05) is 5.32 Å². The lowest BCUT2D eigenvalue weighted by Crippen LogP contribution is -2.38. The zero-order valence-electron chi connectivity index (χ0n) is 8.52. The molecule has 0 spiro atoms. The SMILES string of the molecule is O=C(NC1CC(O)c2c(Br)sc(Br)c21)C(F)(F)F. The third kappa shape index (κ3) is 2.45. The van der Waals surface area contributed by atoms with Gasteiger partial charge in [0.25, 0.3) is 0 Å². The topological polar surface area (TPSA) is 49.3 Å². The Morgan fingerprint density at radius 3 is 2.44 bits per heavy atom. The number of carbonyl (C=O) groups is 1. The fourth-order valence-electron chi connectivity index (χ4n) is 1.87. The number of thiophene rings is 1. The van der Waals surface area contributed by atoms with Gasteiger partial charge in [-0.2, -0.15) is 13.2 Å². The first-order chi connectivity index (χ1) is 8.21. The van der Waals surface area contributed by atoms with Crippen molar-refractivity contribution < 1.29 is 23.1 Å². The highest BCUT2D eigenvalue weighted by Gasteiger charge is 2.43. The molecule has 2 atom stereocenters. The number of amides is 1. The Labute approximate surface area is 121 Å². The number of aliphatic hydroxyl groups is 1. The Kier molecular flexibility index (Phi) is 3.79. The van der Waals surface area contributed by atoms with E-state index in [4.69, 9.17) is 0 Å². The summed E-state index contributed by atoms with van der Waals surface area (Å²) in [6, 6.07) is -0.832. The molecule has 2 rings (SSSR count). The molecule has 1 aliphatic rings. The van der Waals surface area contributed by atoms with Crippen LogP contribution < -0.4 is 5.32 Å². The molecule has 0 saturated carbocycles. The molecule has 2 unspecified atom stereocenters. The van der Waals surface area contributed by atoms with Crippen molar-refractivity contribution in [3.63, 3.8) is 0 Å². The summed E-state index contributed by atoms with van der Waals surface area (Å²) in [5.41, 5.74) is 1.05. The van der Waals surface area contributed by atoms with Crippen LogP contribution in [-0.2, 0) is 4.79 Å². The van der Waals surface area contributed by atoms with Crippen molar-refractivity contribution in [2.24, 2.45) is 0 Å². The Bertz CT molecular complexity index is 503. The Balaban J connectivity index is 2.27. The molecule has 0 bridgehead atoms. The number of aliphatic hydroxyl groups excluding tert-OH is 1. The van der Waals surface area contributed by atoms with Crippen LogP contribution in [0.25, 0.3) is 0 Å². The van der Waals surface area contributed by atoms with E-state index in [9.17, 15) is 23.1 Å². The van der Waals surface area contributed by atoms with Gasteiger partial charge in [0.1, 0.15) is 0 Å². The highest BCUT2D eigenvalue weighted by molar-refractivity contribution is 9.12. The molecular formula is C9H6Br2F3NO2S. The number of halogens is 5. The number of carbonyl (C=O) groups excluding carboxylic acids is 1. The third-order valence-corrected chi connectivity index (χ3v) is 5.22. The van der Waals surface area contributed by atoms with Gasteiger partial charge in [-0.1, -0.05) is 0 Å². The van der Waals surface area contributed by atoms with E-state index in [1.165, 1.54) is 11.3 Å². The smallest absolute Gasteiger partial charge is 0.388 e. The molecule has 2 N–H and O–H groups in total. The first-order valence-electron chi connectivity index (χ1n) is 4.75. The maximum Gasteiger partial charge on any atom is 0.471 e. The molecule has 0 saturated heterocycles. The molecule has 1 aromatic heterocycles. The zero-order chi connectivity index (χ0) is 13.7. The van der Waals surface area contributed by atoms with Crippen LogP contribution >= 0.6 is 43.2 Å². The molecule has 0 radical (unpaired) electrons. The minimum Gasteiger partial charge on any atom is -0.388 e. The summed E-state index contributed by atoms with van der Waals surface area (Å²) in [4.78, 5) is 10.9. The fraction of sp³-hybridized carbons (Fsp3) is 0.444. The molecule has 9 heteroatoms. The van der Waals surface area contributed by atoms with Crippen molar-refractivity contribution in [2.75, 3.05) is 0 Å². The lowest BCUT2D eigenvalue weighted by molar-refractivity contribution is -0.174. The van der Waals surface area contributed by atoms with E-state index in [-0.39, 0.29) is 6.42 Å². The largest absolute Gasteiger partial charge is 0.471 e. The molecule has 1 aliphatic carbocycles. The number of hydrogen-bond donors (Lipinski definition) is 2. The molecule has 0 aromatic carbocycles. The van der Waals surface area contributed by atoms with Crippen LogP contribution in [0.1, 0.15) is 29.7 Å². The average molecular weight is 409 g/mol. The molecule has 1 heterocycles. The fourth-order valence-corrected chi connectivity index (χ4v) is 5.33. The van der Waals surface area contributed by atoms with Crippen molar-refractivity contribution in [2.45, 2.75) is 24.7 Å². The Morgan fingerprint density at radius 1 is 1.33 bits per heavy atom. The van der Waals surface area contributed by atoms with Gasteiger partial charge in [0, 0.05) is 17.5 Å². The van der Waals surface area contributed by atoms with Crippen LogP contribution in [-0.4, -0.2) is 17.2 Å². The summed E-state index contributed by atoms with van der Waals surface area (Å²) in [5, 5.41) is 11.7. The lowest BCUT2D eigenvalue weighted by atomic mass is 10.2. The summed E-state index contributed by atoms with van der Waals surface area (Å²) in [7, 11) is 0. The molecule has 1 amide bonds. The van der Waals surface area contributed by atoms with Crippen molar-refractivity contribution in [3.8, 4) is 0 Å². The van der Waals surface area contributed by atoms with E-state index >= 15 is 0 Å². The summed E-state index contributed by atoms with van der Waals surface area (Å²) < 4.78 is 37.8. The predicted molar refractivity (Wildman–Crippen MR) is 66.2 cm³/mol. The monoisotopic (exact) mass is 407 g/mol. The molecule has 1 aromatic rings. The number of fused-ring (bicyclic) bond motifs is 1. The molecule has 100 valence electrons. The number of hydrogen-bond acceptors (Lipinski definition) is 3. The molecule has 0 aliphatic heterocycles.